The Morgan fingerprint density at radius 1 is 1.00 bits per heavy atom. The van der Waals surface area contributed by atoms with Crippen molar-refractivity contribution in [3.05, 3.63) is 47.5 Å². The highest BCUT2D eigenvalue weighted by atomic mass is 19.4. The Bertz CT molecular complexity index is 970. The van der Waals surface area contributed by atoms with Gasteiger partial charge in [-0.3, -0.25) is 10.1 Å². The third kappa shape index (κ3) is 5.27. The number of nitrogens with zero attached hydrogens (tertiary/aromatic N) is 4. The van der Waals surface area contributed by atoms with E-state index in [0.29, 0.717) is 37.2 Å². The van der Waals surface area contributed by atoms with E-state index in [1.807, 2.05) is 4.90 Å². The summed E-state index contributed by atoms with van der Waals surface area (Å²) in [6.07, 6.45) is -2.31. The van der Waals surface area contributed by atoms with Crippen molar-refractivity contribution >= 4 is 23.6 Å². The molecule has 2 N–H and O–H groups in total. The second kappa shape index (κ2) is 9.01. The first kappa shape index (κ1) is 21.8. The van der Waals surface area contributed by atoms with E-state index in [4.69, 9.17) is 0 Å². The van der Waals surface area contributed by atoms with Crippen LogP contribution < -0.4 is 15.5 Å². The molecule has 0 atom stereocenters. The summed E-state index contributed by atoms with van der Waals surface area (Å²) in [6, 6.07) is 7.83. The standard InChI is InChI=1S/C21H23F3N6O2/c22-21(23,24)16-4-2-1-3-15(16)19(31)30-11-9-29(10-12-30)18-8-7-17(27-28-18)26-20(32)25-13-14-5-6-14/h1-4,7-8,14H,5-6,9-13H2,(H2,25,26,27,32). The Morgan fingerprint density at radius 2 is 1.72 bits per heavy atom. The Morgan fingerprint density at radius 3 is 2.34 bits per heavy atom. The number of alkyl halides is 3. The third-order valence-corrected chi connectivity index (χ3v) is 5.49. The van der Waals surface area contributed by atoms with Gasteiger partial charge in [0.05, 0.1) is 11.1 Å². The van der Waals surface area contributed by atoms with E-state index in [0.717, 1.165) is 18.9 Å². The van der Waals surface area contributed by atoms with Crippen LogP contribution in [0.15, 0.2) is 36.4 Å². The van der Waals surface area contributed by atoms with E-state index in [9.17, 15) is 22.8 Å². The van der Waals surface area contributed by atoms with Crippen molar-refractivity contribution in [3.8, 4) is 0 Å². The summed E-state index contributed by atoms with van der Waals surface area (Å²) in [4.78, 5) is 27.8. The maximum absolute atomic E-state index is 13.2. The number of hydrogen-bond acceptors (Lipinski definition) is 5. The number of carbonyl (C=O) groups excluding carboxylic acids is 2. The van der Waals surface area contributed by atoms with Gasteiger partial charge in [0.1, 0.15) is 0 Å². The number of aromatic nitrogens is 2. The summed E-state index contributed by atoms with van der Waals surface area (Å²) in [5.41, 5.74) is -1.27. The number of anilines is 2. The molecule has 0 spiro atoms. The number of hydrogen-bond donors (Lipinski definition) is 2. The summed E-state index contributed by atoms with van der Waals surface area (Å²) in [7, 11) is 0. The lowest BCUT2D eigenvalue weighted by Crippen LogP contribution is -2.49. The van der Waals surface area contributed by atoms with E-state index in [2.05, 4.69) is 20.8 Å². The molecule has 4 rings (SSSR count). The molecule has 1 aromatic heterocycles. The van der Waals surface area contributed by atoms with Gasteiger partial charge >= 0.3 is 12.2 Å². The highest BCUT2D eigenvalue weighted by molar-refractivity contribution is 5.96. The molecule has 8 nitrogen and oxygen atoms in total. The fraction of sp³-hybridized carbons (Fsp3) is 0.429. The molecular weight excluding hydrogens is 425 g/mol. The Balaban J connectivity index is 1.32. The van der Waals surface area contributed by atoms with Gasteiger partial charge in [-0.15, -0.1) is 10.2 Å². The summed E-state index contributed by atoms with van der Waals surface area (Å²) in [6.45, 7) is 1.98. The lowest BCUT2D eigenvalue weighted by molar-refractivity contribution is -0.138. The average Bonchev–Trinajstić information content (AvgIpc) is 3.62. The van der Waals surface area contributed by atoms with Crippen LogP contribution in [-0.4, -0.2) is 59.8 Å². The minimum absolute atomic E-state index is 0.260. The van der Waals surface area contributed by atoms with Gasteiger partial charge in [0.15, 0.2) is 11.6 Å². The smallest absolute Gasteiger partial charge is 0.352 e. The fourth-order valence-electron chi connectivity index (χ4n) is 3.51. The minimum atomic E-state index is -4.59. The molecule has 1 saturated heterocycles. The minimum Gasteiger partial charge on any atom is -0.352 e. The molecule has 2 heterocycles. The van der Waals surface area contributed by atoms with Gasteiger partial charge < -0.3 is 15.1 Å². The zero-order valence-electron chi connectivity index (χ0n) is 17.2. The molecule has 0 unspecified atom stereocenters. The zero-order valence-corrected chi connectivity index (χ0v) is 17.2. The van der Waals surface area contributed by atoms with Crippen molar-refractivity contribution in [3.63, 3.8) is 0 Å². The molecule has 32 heavy (non-hydrogen) atoms. The van der Waals surface area contributed by atoms with Crippen LogP contribution in [0.1, 0.15) is 28.8 Å². The van der Waals surface area contributed by atoms with Crippen molar-refractivity contribution in [2.75, 3.05) is 42.9 Å². The molecule has 1 aliphatic heterocycles. The van der Waals surface area contributed by atoms with Crippen molar-refractivity contribution in [1.29, 1.82) is 0 Å². The van der Waals surface area contributed by atoms with Crippen LogP contribution in [0.5, 0.6) is 0 Å². The number of benzene rings is 1. The summed E-state index contributed by atoms with van der Waals surface area (Å²) in [5, 5.41) is 13.5. The van der Waals surface area contributed by atoms with Gasteiger partial charge in [-0.25, -0.2) is 4.79 Å². The molecular formula is C21H23F3N6O2. The van der Waals surface area contributed by atoms with Crippen LogP contribution in [0.25, 0.3) is 0 Å². The molecule has 1 aromatic carbocycles. The van der Waals surface area contributed by atoms with Gasteiger partial charge in [0.2, 0.25) is 0 Å². The van der Waals surface area contributed by atoms with Gasteiger partial charge in [-0.2, -0.15) is 13.2 Å². The first-order valence-corrected chi connectivity index (χ1v) is 10.4. The maximum atomic E-state index is 13.2. The highest BCUT2D eigenvalue weighted by Gasteiger charge is 2.36. The van der Waals surface area contributed by atoms with Gasteiger partial charge in [0, 0.05) is 32.7 Å². The van der Waals surface area contributed by atoms with E-state index in [-0.39, 0.29) is 24.7 Å². The zero-order chi connectivity index (χ0) is 22.7. The molecule has 2 aliphatic rings. The average molecular weight is 448 g/mol. The van der Waals surface area contributed by atoms with Crippen LogP contribution in [0.4, 0.5) is 29.6 Å². The fourth-order valence-corrected chi connectivity index (χ4v) is 3.51. The van der Waals surface area contributed by atoms with Gasteiger partial charge in [-0.05, 0) is 43.0 Å². The predicted molar refractivity (Wildman–Crippen MR) is 111 cm³/mol. The second-order valence-corrected chi connectivity index (χ2v) is 7.88. The SMILES string of the molecule is O=C(NCC1CC1)Nc1ccc(N2CCN(C(=O)c3ccccc3C(F)(F)F)CC2)nn1. The number of carbonyl (C=O) groups is 2. The molecule has 11 heteroatoms. The highest BCUT2D eigenvalue weighted by Crippen LogP contribution is 2.32. The quantitative estimate of drug-likeness (QED) is 0.734. The lowest BCUT2D eigenvalue weighted by atomic mass is 10.1. The first-order valence-electron chi connectivity index (χ1n) is 10.4. The molecule has 2 fully saturated rings. The molecule has 1 aliphatic carbocycles. The van der Waals surface area contributed by atoms with E-state index in [1.165, 1.54) is 23.1 Å². The van der Waals surface area contributed by atoms with Crippen molar-refractivity contribution in [1.82, 2.24) is 20.4 Å². The second-order valence-electron chi connectivity index (χ2n) is 7.88. The molecule has 0 bridgehead atoms. The Hall–Kier alpha value is -3.37. The summed E-state index contributed by atoms with van der Waals surface area (Å²) >= 11 is 0. The van der Waals surface area contributed by atoms with E-state index in [1.54, 1.807) is 12.1 Å². The molecule has 3 amide bonds. The van der Waals surface area contributed by atoms with Crippen LogP contribution in [0.2, 0.25) is 0 Å². The maximum Gasteiger partial charge on any atom is 0.417 e. The Labute approximate surface area is 182 Å². The molecule has 2 aromatic rings. The third-order valence-electron chi connectivity index (χ3n) is 5.49. The number of urea groups is 1. The number of piperazine rings is 1. The van der Waals surface area contributed by atoms with Crippen LogP contribution >= 0.6 is 0 Å². The van der Waals surface area contributed by atoms with Crippen molar-refractivity contribution < 1.29 is 22.8 Å². The van der Waals surface area contributed by atoms with Crippen molar-refractivity contribution in [2.24, 2.45) is 5.92 Å². The molecule has 170 valence electrons. The number of nitrogens with one attached hydrogen (secondary N) is 2. The molecule has 0 radical (unpaired) electrons. The van der Waals surface area contributed by atoms with E-state index >= 15 is 0 Å². The molecule has 1 saturated carbocycles. The monoisotopic (exact) mass is 448 g/mol. The summed E-state index contributed by atoms with van der Waals surface area (Å²) < 4.78 is 39.7. The van der Waals surface area contributed by atoms with Crippen LogP contribution in [-0.2, 0) is 6.18 Å². The normalized spacial score (nSPS) is 16.6. The van der Waals surface area contributed by atoms with Gasteiger partial charge in [0.25, 0.3) is 5.91 Å². The number of rotatable bonds is 5. The topological polar surface area (TPSA) is 90.5 Å². The Kier molecular flexibility index (Phi) is 6.15. The van der Waals surface area contributed by atoms with E-state index < -0.39 is 17.6 Å². The van der Waals surface area contributed by atoms with Crippen LogP contribution in [0, 0.1) is 5.92 Å². The van der Waals surface area contributed by atoms with Crippen LogP contribution in [0.3, 0.4) is 0 Å². The predicted octanol–water partition coefficient (Wildman–Crippen LogP) is 2.99. The van der Waals surface area contributed by atoms with Crippen molar-refractivity contribution in [2.45, 2.75) is 19.0 Å². The lowest BCUT2D eigenvalue weighted by Gasteiger charge is -2.35. The largest absolute Gasteiger partial charge is 0.417 e. The van der Waals surface area contributed by atoms with Gasteiger partial charge in [-0.1, -0.05) is 12.1 Å². The first-order chi connectivity index (χ1) is 15.3. The number of halogens is 3. The number of amides is 3. The summed E-state index contributed by atoms with van der Waals surface area (Å²) in [5.74, 6) is 0.818.